The van der Waals surface area contributed by atoms with Crippen LogP contribution in [0, 0.1) is 5.41 Å². The molecule has 2 aliphatic heterocycles. The molecule has 0 bridgehead atoms. The van der Waals surface area contributed by atoms with E-state index >= 15 is 0 Å². The molecule has 5 atom stereocenters. The van der Waals surface area contributed by atoms with Crippen LogP contribution in [0.25, 0.3) is 0 Å². The zero-order valence-corrected chi connectivity index (χ0v) is 12.2. The SMILES string of the molecule is CC(C)(C)C12CCC(COC3CC3F)N1CC(F)C2. The van der Waals surface area contributed by atoms with E-state index in [1.807, 2.05) is 0 Å². The fourth-order valence-corrected chi connectivity index (χ4v) is 4.08. The number of hydrogen-bond donors (Lipinski definition) is 0. The molecule has 4 heteroatoms. The molecule has 2 nitrogen and oxygen atoms in total. The minimum absolute atomic E-state index is 0.0287. The molecule has 3 fully saturated rings. The van der Waals surface area contributed by atoms with E-state index in [2.05, 4.69) is 25.7 Å². The van der Waals surface area contributed by atoms with E-state index < -0.39 is 12.3 Å². The van der Waals surface area contributed by atoms with Gasteiger partial charge in [0.05, 0.1) is 12.7 Å². The molecule has 1 aliphatic carbocycles. The van der Waals surface area contributed by atoms with Crippen LogP contribution in [0.2, 0.25) is 0 Å². The third kappa shape index (κ3) is 2.21. The minimum atomic E-state index is -0.763. The number of hydrogen-bond acceptors (Lipinski definition) is 2. The Kier molecular flexibility index (Phi) is 3.17. The summed E-state index contributed by atoms with van der Waals surface area (Å²) in [5.74, 6) is 0. The van der Waals surface area contributed by atoms with Crippen LogP contribution in [-0.2, 0) is 4.74 Å². The van der Waals surface area contributed by atoms with Crippen molar-refractivity contribution in [3.05, 3.63) is 0 Å². The first-order valence-electron chi connectivity index (χ1n) is 7.50. The van der Waals surface area contributed by atoms with Crippen LogP contribution in [-0.4, -0.2) is 48.1 Å². The summed E-state index contributed by atoms with van der Waals surface area (Å²) < 4.78 is 32.4. The summed E-state index contributed by atoms with van der Waals surface area (Å²) in [5, 5.41) is 0. The maximum Gasteiger partial charge on any atom is 0.129 e. The van der Waals surface area contributed by atoms with Crippen molar-refractivity contribution >= 4 is 0 Å². The molecule has 2 saturated heterocycles. The molecule has 0 N–H and O–H groups in total. The van der Waals surface area contributed by atoms with Crippen LogP contribution in [0.1, 0.15) is 46.5 Å². The van der Waals surface area contributed by atoms with Crippen molar-refractivity contribution in [1.29, 1.82) is 0 Å². The van der Waals surface area contributed by atoms with Gasteiger partial charge < -0.3 is 4.74 Å². The number of fused-ring (bicyclic) bond motifs is 1. The van der Waals surface area contributed by atoms with Crippen molar-refractivity contribution in [1.82, 2.24) is 4.90 Å². The average molecular weight is 273 g/mol. The van der Waals surface area contributed by atoms with E-state index in [0.29, 0.717) is 26.0 Å². The lowest BCUT2D eigenvalue weighted by molar-refractivity contribution is 0.00281. The van der Waals surface area contributed by atoms with Gasteiger partial charge in [-0.2, -0.15) is 0 Å². The van der Waals surface area contributed by atoms with Crippen molar-refractivity contribution in [2.75, 3.05) is 13.2 Å². The fraction of sp³-hybridized carbons (Fsp3) is 1.00. The highest BCUT2D eigenvalue weighted by Gasteiger charge is 2.58. The van der Waals surface area contributed by atoms with Crippen LogP contribution < -0.4 is 0 Å². The summed E-state index contributed by atoms with van der Waals surface area (Å²) in [4.78, 5) is 2.33. The first kappa shape index (κ1) is 13.7. The number of ether oxygens (including phenoxy) is 1. The maximum atomic E-state index is 13.9. The second-order valence-corrected chi connectivity index (χ2v) is 7.55. The molecule has 0 aromatic rings. The predicted octanol–water partition coefficient (Wildman–Crippen LogP) is 3.10. The molecule has 3 rings (SSSR count). The summed E-state index contributed by atoms with van der Waals surface area (Å²) in [7, 11) is 0. The molecule has 0 spiro atoms. The van der Waals surface area contributed by atoms with Crippen LogP contribution in [0.5, 0.6) is 0 Å². The number of nitrogens with zero attached hydrogens (tertiary/aromatic N) is 1. The number of alkyl halides is 2. The van der Waals surface area contributed by atoms with E-state index in [4.69, 9.17) is 4.74 Å². The Bertz CT molecular complexity index is 357. The van der Waals surface area contributed by atoms with Crippen LogP contribution in [0.3, 0.4) is 0 Å². The highest BCUT2D eigenvalue weighted by Crippen LogP contribution is 2.53. The zero-order valence-electron chi connectivity index (χ0n) is 12.2. The van der Waals surface area contributed by atoms with E-state index in [-0.39, 0.29) is 23.1 Å². The Hall–Kier alpha value is -0.220. The standard InChI is InChI=1S/C15H25F2NO/c1-14(2,3)15-5-4-11(9-19-13-6-12(13)17)18(15)8-10(16)7-15/h10-13H,4-9H2,1-3H3. The molecule has 19 heavy (non-hydrogen) atoms. The third-order valence-electron chi connectivity index (χ3n) is 5.39. The molecule has 110 valence electrons. The van der Waals surface area contributed by atoms with Crippen molar-refractivity contribution in [2.24, 2.45) is 5.41 Å². The van der Waals surface area contributed by atoms with Gasteiger partial charge in [-0.3, -0.25) is 4.90 Å². The lowest BCUT2D eigenvalue weighted by Crippen LogP contribution is -2.52. The number of rotatable bonds is 3. The fourth-order valence-electron chi connectivity index (χ4n) is 4.08. The lowest BCUT2D eigenvalue weighted by Gasteiger charge is -2.45. The van der Waals surface area contributed by atoms with Crippen LogP contribution in [0.4, 0.5) is 8.78 Å². The Morgan fingerprint density at radius 2 is 2.00 bits per heavy atom. The van der Waals surface area contributed by atoms with E-state index in [0.717, 1.165) is 12.8 Å². The van der Waals surface area contributed by atoms with Gasteiger partial charge in [0.2, 0.25) is 0 Å². The van der Waals surface area contributed by atoms with Gasteiger partial charge >= 0.3 is 0 Å². The summed E-state index contributed by atoms with van der Waals surface area (Å²) >= 11 is 0. The summed E-state index contributed by atoms with van der Waals surface area (Å²) in [5.41, 5.74) is 0.0455. The van der Waals surface area contributed by atoms with Gasteiger partial charge in [0.15, 0.2) is 0 Å². The molecule has 0 amide bonds. The third-order valence-corrected chi connectivity index (χ3v) is 5.39. The highest BCUT2D eigenvalue weighted by molar-refractivity contribution is 5.12. The van der Waals surface area contributed by atoms with Gasteiger partial charge in [-0.25, -0.2) is 8.78 Å². The van der Waals surface area contributed by atoms with Gasteiger partial charge in [-0.1, -0.05) is 20.8 Å². The van der Waals surface area contributed by atoms with Gasteiger partial charge in [0, 0.05) is 24.5 Å². The van der Waals surface area contributed by atoms with E-state index in [1.165, 1.54) is 0 Å². The normalized spacial score (nSPS) is 46.6. The van der Waals surface area contributed by atoms with Crippen LogP contribution in [0.15, 0.2) is 0 Å². The van der Waals surface area contributed by atoms with Crippen molar-refractivity contribution < 1.29 is 13.5 Å². The lowest BCUT2D eigenvalue weighted by atomic mass is 9.71. The largest absolute Gasteiger partial charge is 0.373 e. The Morgan fingerprint density at radius 1 is 1.32 bits per heavy atom. The summed E-state index contributed by atoms with van der Waals surface area (Å²) in [6, 6.07) is 0.271. The molecular formula is C15H25F2NO. The smallest absolute Gasteiger partial charge is 0.129 e. The maximum absolute atomic E-state index is 13.9. The molecule has 0 aromatic carbocycles. The van der Waals surface area contributed by atoms with Crippen molar-refractivity contribution in [3.8, 4) is 0 Å². The van der Waals surface area contributed by atoms with Gasteiger partial charge in [0.1, 0.15) is 12.3 Å². The summed E-state index contributed by atoms with van der Waals surface area (Å²) in [6.07, 6.45) is 1.60. The predicted molar refractivity (Wildman–Crippen MR) is 70.7 cm³/mol. The van der Waals surface area contributed by atoms with Gasteiger partial charge in [-0.15, -0.1) is 0 Å². The summed E-state index contributed by atoms with van der Waals surface area (Å²) in [6.45, 7) is 7.71. The second-order valence-electron chi connectivity index (χ2n) is 7.55. The molecule has 1 saturated carbocycles. The Labute approximate surface area is 114 Å². The van der Waals surface area contributed by atoms with Gasteiger partial charge in [0.25, 0.3) is 0 Å². The molecule has 3 aliphatic rings. The topological polar surface area (TPSA) is 12.5 Å². The van der Waals surface area contributed by atoms with Crippen LogP contribution >= 0.6 is 0 Å². The zero-order chi connectivity index (χ0) is 13.8. The molecular weight excluding hydrogens is 248 g/mol. The van der Waals surface area contributed by atoms with Crippen molar-refractivity contribution in [2.45, 2.75) is 76.5 Å². The molecule has 0 aromatic heterocycles. The Morgan fingerprint density at radius 3 is 2.58 bits per heavy atom. The molecule has 2 heterocycles. The molecule has 0 radical (unpaired) electrons. The Balaban J connectivity index is 1.69. The first-order valence-corrected chi connectivity index (χ1v) is 7.50. The quantitative estimate of drug-likeness (QED) is 0.783. The highest BCUT2D eigenvalue weighted by atomic mass is 19.1. The number of halogens is 2. The van der Waals surface area contributed by atoms with Gasteiger partial charge in [-0.05, 0) is 24.7 Å². The van der Waals surface area contributed by atoms with E-state index in [1.54, 1.807) is 0 Å². The first-order chi connectivity index (χ1) is 8.83. The minimum Gasteiger partial charge on any atom is -0.373 e. The monoisotopic (exact) mass is 273 g/mol. The van der Waals surface area contributed by atoms with E-state index in [9.17, 15) is 8.78 Å². The molecule has 5 unspecified atom stereocenters. The average Bonchev–Trinajstić information content (AvgIpc) is 2.71. The second kappa shape index (κ2) is 4.39. The van der Waals surface area contributed by atoms with Crippen molar-refractivity contribution in [3.63, 3.8) is 0 Å².